The van der Waals surface area contributed by atoms with Crippen molar-refractivity contribution in [2.75, 3.05) is 26.3 Å². The summed E-state index contributed by atoms with van der Waals surface area (Å²) in [6.45, 7) is 5.95. The fourth-order valence-electron chi connectivity index (χ4n) is 2.83. The molecule has 0 bridgehead atoms. The maximum Gasteiger partial charge on any atom is 0.311 e. The summed E-state index contributed by atoms with van der Waals surface area (Å²) in [5.41, 5.74) is 1.16. The first kappa shape index (κ1) is 16.5. The molecule has 0 radical (unpaired) electrons. The Kier molecular flexibility index (Phi) is 5.95. The van der Waals surface area contributed by atoms with Crippen LogP contribution < -0.4 is 0 Å². The summed E-state index contributed by atoms with van der Waals surface area (Å²) in [7, 11) is 0. The van der Waals surface area contributed by atoms with E-state index in [9.17, 15) is 9.59 Å². The molecule has 0 saturated carbocycles. The van der Waals surface area contributed by atoms with Crippen LogP contribution in [-0.2, 0) is 25.6 Å². The summed E-state index contributed by atoms with van der Waals surface area (Å²) < 4.78 is 10.2. The van der Waals surface area contributed by atoms with Gasteiger partial charge in [-0.3, -0.25) is 14.5 Å². The Hall–Kier alpha value is -1.88. The fraction of sp³-hybridized carbons (Fsp3) is 0.529. The summed E-state index contributed by atoms with van der Waals surface area (Å²) in [5, 5.41) is 0. The molecule has 1 saturated heterocycles. The lowest BCUT2D eigenvalue weighted by atomic mass is 9.96. The molecule has 120 valence electrons. The second-order valence-electron chi connectivity index (χ2n) is 5.40. The SMILES string of the molecule is CCOC(=O)[C@H]1CN(Cc2ccccc2)C[C@@H]1C(=O)OCC. The molecule has 0 unspecified atom stereocenters. The van der Waals surface area contributed by atoms with Crippen molar-refractivity contribution in [2.45, 2.75) is 20.4 Å². The van der Waals surface area contributed by atoms with Crippen LogP contribution in [-0.4, -0.2) is 43.1 Å². The van der Waals surface area contributed by atoms with Crippen molar-refractivity contribution < 1.29 is 19.1 Å². The minimum Gasteiger partial charge on any atom is -0.466 e. The highest BCUT2D eigenvalue weighted by Gasteiger charge is 2.43. The predicted molar refractivity (Wildman–Crippen MR) is 82.0 cm³/mol. The molecular weight excluding hydrogens is 282 g/mol. The van der Waals surface area contributed by atoms with E-state index in [0.29, 0.717) is 32.8 Å². The standard InChI is InChI=1S/C17H23NO4/c1-3-21-16(19)14-11-18(10-13-8-6-5-7-9-13)12-15(14)17(20)22-4-2/h5-9,14-15H,3-4,10-12H2,1-2H3/t14-,15-/m0/s1. The van der Waals surface area contributed by atoms with Crippen molar-refractivity contribution in [3.63, 3.8) is 0 Å². The number of hydrogen-bond donors (Lipinski definition) is 0. The van der Waals surface area contributed by atoms with Crippen molar-refractivity contribution in [2.24, 2.45) is 11.8 Å². The number of carbonyl (C=O) groups is 2. The van der Waals surface area contributed by atoms with Gasteiger partial charge in [0.05, 0.1) is 25.0 Å². The van der Waals surface area contributed by atoms with Gasteiger partial charge in [0, 0.05) is 19.6 Å². The van der Waals surface area contributed by atoms with E-state index in [2.05, 4.69) is 4.90 Å². The van der Waals surface area contributed by atoms with Crippen LogP contribution in [0.2, 0.25) is 0 Å². The smallest absolute Gasteiger partial charge is 0.311 e. The van der Waals surface area contributed by atoms with Gasteiger partial charge < -0.3 is 9.47 Å². The molecule has 1 aliphatic rings. The monoisotopic (exact) mass is 305 g/mol. The van der Waals surface area contributed by atoms with E-state index in [0.717, 1.165) is 5.56 Å². The number of likely N-dealkylation sites (tertiary alicyclic amines) is 1. The van der Waals surface area contributed by atoms with E-state index < -0.39 is 11.8 Å². The van der Waals surface area contributed by atoms with E-state index in [1.165, 1.54) is 0 Å². The number of esters is 2. The Bertz CT molecular complexity index is 477. The predicted octanol–water partition coefficient (Wildman–Crippen LogP) is 1.86. The maximum atomic E-state index is 12.1. The Morgan fingerprint density at radius 1 is 1.00 bits per heavy atom. The molecule has 1 fully saturated rings. The highest BCUT2D eigenvalue weighted by molar-refractivity contribution is 5.83. The van der Waals surface area contributed by atoms with Crippen LogP contribution in [0, 0.1) is 11.8 Å². The fourth-order valence-corrected chi connectivity index (χ4v) is 2.83. The van der Waals surface area contributed by atoms with Crippen molar-refractivity contribution >= 4 is 11.9 Å². The third-order valence-corrected chi connectivity index (χ3v) is 3.82. The molecule has 1 aromatic rings. The van der Waals surface area contributed by atoms with E-state index in [1.54, 1.807) is 13.8 Å². The number of hydrogen-bond acceptors (Lipinski definition) is 5. The summed E-state index contributed by atoms with van der Waals surface area (Å²) in [6, 6.07) is 10.0. The highest BCUT2D eigenvalue weighted by atomic mass is 16.5. The van der Waals surface area contributed by atoms with Gasteiger partial charge in [0.2, 0.25) is 0 Å². The molecule has 0 N–H and O–H groups in total. The molecule has 0 amide bonds. The molecule has 0 aromatic heterocycles. The van der Waals surface area contributed by atoms with Gasteiger partial charge in [0.25, 0.3) is 0 Å². The molecule has 1 aromatic carbocycles. The van der Waals surface area contributed by atoms with Crippen LogP contribution in [0.5, 0.6) is 0 Å². The molecular formula is C17H23NO4. The number of rotatable bonds is 6. The molecule has 1 aliphatic heterocycles. The van der Waals surface area contributed by atoms with Gasteiger partial charge in [-0.25, -0.2) is 0 Å². The minimum atomic E-state index is -0.442. The van der Waals surface area contributed by atoms with E-state index in [-0.39, 0.29) is 11.9 Å². The summed E-state index contributed by atoms with van der Waals surface area (Å²) in [6.07, 6.45) is 0. The topological polar surface area (TPSA) is 55.8 Å². The first-order valence-electron chi connectivity index (χ1n) is 7.75. The molecule has 0 spiro atoms. The van der Waals surface area contributed by atoms with Gasteiger partial charge in [-0.05, 0) is 19.4 Å². The third-order valence-electron chi connectivity index (χ3n) is 3.82. The highest BCUT2D eigenvalue weighted by Crippen LogP contribution is 2.27. The van der Waals surface area contributed by atoms with Crippen LogP contribution in [0.3, 0.4) is 0 Å². The molecule has 0 aliphatic carbocycles. The maximum absolute atomic E-state index is 12.1. The second-order valence-corrected chi connectivity index (χ2v) is 5.40. The third kappa shape index (κ3) is 4.07. The van der Waals surface area contributed by atoms with E-state index in [1.807, 2.05) is 30.3 Å². The van der Waals surface area contributed by atoms with E-state index in [4.69, 9.17) is 9.47 Å². The lowest BCUT2D eigenvalue weighted by Gasteiger charge is -2.15. The lowest BCUT2D eigenvalue weighted by molar-refractivity contribution is -0.157. The molecule has 22 heavy (non-hydrogen) atoms. The zero-order valence-electron chi connectivity index (χ0n) is 13.2. The van der Waals surface area contributed by atoms with Crippen LogP contribution in [0.25, 0.3) is 0 Å². The van der Waals surface area contributed by atoms with Crippen LogP contribution in [0.1, 0.15) is 19.4 Å². The average molecular weight is 305 g/mol. The zero-order chi connectivity index (χ0) is 15.9. The van der Waals surface area contributed by atoms with Crippen LogP contribution in [0.15, 0.2) is 30.3 Å². The first-order chi connectivity index (χ1) is 10.7. The average Bonchev–Trinajstić information content (AvgIpc) is 2.93. The normalized spacial score (nSPS) is 21.5. The summed E-state index contributed by atoms with van der Waals surface area (Å²) in [5.74, 6) is -1.50. The largest absolute Gasteiger partial charge is 0.466 e. The number of nitrogens with zero attached hydrogens (tertiary/aromatic N) is 1. The van der Waals surface area contributed by atoms with Crippen molar-refractivity contribution in [3.05, 3.63) is 35.9 Å². The summed E-state index contributed by atoms with van der Waals surface area (Å²) in [4.78, 5) is 26.3. The molecule has 5 heteroatoms. The summed E-state index contributed by atoms with van der Waals surface area (Å²) >= 11 is 0. The Morgan fingerprint density at radius 3 is 1.95 bits per heavy atom. The van der Waals surface area contributed by atoms with Crippen molar-refractivity contribution in [1.29, 1.82) is 0 Å². The molecule has 5 nitrogen and oxygen atoms in total. The lowest BCUT2D eigenvalue weighted by Crippen LogP contribution is -2.31. The second kappa shape index (κ2) is 7.94. The Labute approximate surface area is 131 Å². The number of carbonyl (C=O) groups excluding carboxylic acids is 2. The van der Waals surface area contributed by atoms with Gasteiger partial charge in [-0.2, -0.15) is 0 Å². The number of benzene rings is 1. The van der Waals surface area contributed by atoms with Crippen molar-refractivity contribution in [3.8, 4) is 0 Å². The number of ether oxygens (including phenoxy) is 2. The Morgan fingerprint density at radius 2 is 1.50 bits per heavy atom. The van der Waals surface area contributed by atoms with E-state index >= 15 is 0 Å². The van der Waals surface area contributed by atoms with Crippen LogP contribution in [0.4, 0.5) is 0 Å². The van der Waals surface area contributed by atoms with Crippen molar-refractivity contribution in [1.82, 2.24) is 4.90 Å². The van der Waals surface area contributed by atoms with Gasteiger partial charge in [-0.1, -0.05) is 30.3 Å². The first-order valence-corrected chi connectivity index (χ1v) is 7.75. The minimum absolute atomic E-state index is 0.309. The Balaban J connectivity index is 2.06. The zero-order valence-corrected chi connectivity index (χ0v) is 13.2. The molecule has 2 rings (SSSR count). The van der Waals surface area contributed by atoms with Crippen LogP contribution >= 0.6 is 0 Å². The molecule has 2 atom stereocenters. The van der Waals surface area contributed by atoms with Gasteiger partial charge in [0.1, 0.15) is 0 Å². The quantitative estimate of drug-likeness (QED) is 0.751. The van der Waals surface area contributed by atoms with Gasteiger partial charge in [0.15, 0.2) is 0 Å². The van der Waals surface area contributed by atoms with Gasteiger partial charge in [-0.15, -0.1) is 0 Å². The molecule has 1 heterocycles. The van der Waals surface area contributed by atoms with Gasteiger partial charge >= 0.3 is 11.9 Å².